The molecule has 5 heteroatoms. The van der Waals surface area contributed by atoms with Gasteiger partial charge in [0, 0.05) is 17.8 Å². The summed E-state index contributed by atoms with van der Waals surface area (Å²) < 4.78 is 0.958. The highest BCUT2D eigenvalue weighted by Gasteiger charge is 2.07. The van der Waals surface area contributed by atoms with Crippen molar-refractivity contribution in [2.45, 2.75) is 12.4 Å². The van der Waals surface area contributed by atoms with Crippen LogP contribution in [0.4, 0.5) is 0 Å². The van der Waals surface area contributed by atoms with Gasteiger partial charge in [0.25, 0.3) is 5.91 Å². The van der Waals surface area contributed by atoms with Crippen LogP contribution in [0, 0.1) is 0 Å². The molecule has 2 nitrogen and oxygen atoms in total. The van der Waals surface area contributed by atoms with Crippen molar-refractivity contribution in [2.75, 3.05) is 0 Å². The molecule has 0 unspecified atom stereocenters. The van der Waals surface area contributed by atoms with E-state index < -0.39 is 0 Å². The van der Waals surface area contributed by atoms with Crippen LogP contribution in [-0.2, 0) is 12.4 Å². The molecule has 0 spiro atoms. The number of carbonyl (C=O) groups is 1. The van der Waals surface area contributed by atoms with E-state index in [-0.39, 0.29) is 5.91 Å². The van der Waals surface area contributed by atoms with E-state index in [1.54, 1.807) is 0 Å². The lowest BCUT2D eigenvalue weighted by Crippen LogP contribution is -2.22. The van der Waals surface area contributed by atoms with Gasteiger partial charge in [-0.25, -0.2) is 0 Å². The molecule has 1 heterocycles. The predicted octanol–water partition coefficient (Wildman–Crippen LogP) is 4.18. The number of rotatable bonds is 4. The van der Waals surface area contributed by atoms with Crippen LogP contribution in [0.25, 0.3) is 0 Å². The summed E-state index contributed by atoms with van der Waals surface area (Å²) >= 11 is 10.6. The topological polar surface area (TPSA) is 29.1 Å². The first-order chi connectivity index (χ1) is 8.69. The van der Waals surface area contributed by atoms with Crippen molar-refractivity contribution in [1.29, 1.82) is 0 Å². The van der Waals surface area contributed by atoms with Crippen LogP contribution in [-0.4, -0.2) is 5.91 Å². The number of hydrogen-bond acceptors (Lipinski definition) is 2. The molecule has 1 N–H and O–H groups in total. The third-order valence-corrected chi connectivity index (χ3v) is 4.27. The highest BCUT2D eigenvalue weighted by molar-refractivity contribution is 9.11. The van der Waals surface area contributed by atoms with Crippen LogP contribution in [0.2, 0.25) is 0 Å². The second-order valence-corrected chi connectivity index (χ2v) is 6.33. The molecule has 94 valence electrons. The second kappa shape index (κ2) is 6.36. The van der Waals surface area contributed by atoms with Gasteiger partial charge in [-0.15, -0.1) is 22.9 Å². The Morgan fingerprint density at radius 3 is 2.50 bits per heavy atom. The lowest BCUT2D eigenvalue weighted by atomic mass is 10.1. The number of benzene rings is 1. The van der Waals surface area contributed by atoms with Gasteiger partial charge in [-0.2, -0.15) is 0 Å². The summed E-state index contributed by atoms with van der Waals surface area (Å²) in [6.45, 7) is 0.523. The van der Waals surface area contributed by atoms with Crippen LogP contribution in [0.3, 0.4) is 0 Å². The summed E-state index contributed by atoms with van der Waals surface area (Å²) in [5.74, 6) is 0.452. The summed E-state index contributed by atoms with van der Waals surface area (Å²) in [4.78, 5) is 11.8. The van der Waals surface area contributed by atoms with Crippen molar-refractivity contribution in [1.82, 2.24) is 5.32 Å². The largest absolute Gasteiger partial charge is 0.348 e. The summed E-state index contributed by atoms with van der Waals surface area (Å²) in [6.07, 6.45) is 0. The number of carbonyl (C=O) groups excluding carboxylic acids is 1. The minimum absolute atomic E-state index is 0.0571. The van der Waals surface area contributed by atoms with Crippen LogP contribution in [0.5, 0.6) is 0 Å². The Morgan fingerprint density at radius 1 is 1.28 bits per heavy atom. The Kier molecular flexibility index (Phi) is 4.80. The molecule has 1 aromatic heterocycles. The van der Waals surface area contributed by atoms with E-state index in [1.807, 2.05) is 35.7 Å². The van der Waals surface area contributed by atoms with E-state index in [0.29, 0.717) is 18.0 Å². The summed E-state index contributed by atoms with van der Waals surface area (Å²) in [5.41, 5.74) is 2.82. The molecule has 1 amide bonds. The molecular weight excluding hydrogens is 334 g/mol. The monoisotopic (exact) mass is 343 g/mol. The van der Waals surface area contributed by atoms with E-state index in [1.165, 1.54) is 11.3 Å². The van der Waals surface area contributed by atoms with E-state index in [0.717, 1.165) is 14.9 Å². The van der Waals surface area contributed by atoms with Gasteiger partial charge in [0.15, 0.2) is 0 Å². The Morgan fingerprint density at radius 2 is 1.94 bits per heavy atom. The van der Waals surface area contributed by atoms with Gasteiger partial charge in [-0.05, 0) is 33.1 Å². The fourth-order valence-corrected chi connectivity index (χ4v) is 2.77. The zero-order valence-corrected chi connectivity index (χ0v) is 12.6. The zero-order valence-electron chi connectivity index (χ0n) is 9.45. The average Bonchev–Trinajstić information content (AvgIpc) is 2.83. The number of amides is 1. The summed E-state index contributed by atoms with van der Waals surface area (Å²) in [6, 6.07) is 9.70. The summed E-state index contributed by atoms with van der Waals surface area (Å²) in [5, 5.41) is 4.71. The lowest BCUT2D eigenvalue weighted by molar-refractivity contribution is 0.0951. The van der Waals surface area contributed by atoms with Gasteiger partial charge >= 0.3 is 0 Å². The van der Waals surface area contributed by atoms with Crippen molar-refractivity contribution in [3.05, 3.63) is 56.2 Å². The quantitative estimate of drug-likeness (QED) is 0.828. The number of hydrogen-bond donors (Lipinski definition) is 1. The van der Waals surface area contributed by atoms with E-state index in [9.17, 15) is 4.79 Å². The molecule has 0 aliphatic heterocycles. The molecular formula is C13H11BrClNOS. The molecule has 2 rings (SSSR count). The number of halogens is 2. The van der Waals surface area contributed by atoms with Gasteiger partial charge < -0.3 is 5.32 Å². The Bertz CT molecular complexity index is 538. The fourth-order valence-electron chi connectivity index (χ4n) is 1.46. The third kappa shape index (κ3) is 3.57. The lowest BCUT2D eigenvalue weighted by Gasteiger charge is -2.04. The molecule has 1 aromatic carbocycles. The fraction of sp³-hybridized carbons (Fsp3) is 0.154. The van der Waals surface area contributed by atoms with E-state index in [2.05, 4.69) is 21.2 Å². The molecule has 18 heavy (non-hydrogen) atoms. The third-order valence-electron chi connectivity index (χ3n) is 2.46. The first-order valence-corrected chi connectivity index (χ1v) is 7.56. The highest BCUT2D eigenvalue weighted by atomic mass is 79.9. The SMILES string of the molecule is O=C(NCc1ccc(CCl)cc1)c1csc(Br)c1. The zero-order chi connectivity index (χ0) is 13.0. The van der Waals surface area contributed by atoms with E-state index in [4.69, 9.17) is 11.6 Å². The molecule has 0 atom stereocenters. The van der Waals surface area contributed by atoms with E-state index >= 15 is 0 Å². The standard InChI is InChI=1S/C13H11BrClNOS/c14-12-5-11(8-18-12)13(17)16-7-10-3-1-9(6-15)2-4-10/h1-5,8H,6-7H2,(H,16,17). The first kappa shape index (κ1) is 13.6. The number of nitrogens with one attached hydrogen (secondary N) is 1. The second-order valence-electron chi connectivity index (χ2n) is 3.77. The predicted molar refractivity (Wildman–Crippen MR) is 79.2 cm³/mol. The van der Waals surface area contributed by atoms with Gasteiger partial charge in [0.2, 0.25) is 0 Å². The maximum atomic E-state index is 11.8. The smallest absolute Gasteiger partial charge is 0.252 e. The average molecular weight is 345 g/mol. The molecule has 0 aliphatic rings. The number of alkyl halides is 1. The minimum Gasteiger partial charge on any atom is -0.348 e. The van der Waals surface area contributed by atoms with Crippen molar-refractivity contribution < 1.29 is 4.79 Å². The van der Waals surface area contributed by atoms with Crippen molar-refractivity contribution in [2.24, 2.45) is 0 Å². The molecule has 0 fully saturated rings. The Hall–Kier alpha value is -0.840. The summed E-state index contributed by atoms with van der Waals surface area (Å²) in [7, 11) is 0. The van der Waals surface area contributed by atoms with Crippen molar-refractivity contribution in [3.8, 4) is 0 Å². The van der Waals surface area contributed by atoms with Crippen LogP contribution >= 0.6 is 38.9 Å². The number of thiophene rings is 1. The van der Waals surface area contributed by atoms with Gasteiger partial charge in [0.05, 0.1) is 9.35 Å². The molecule has 2 aromatic rings. The van der Waals surface area contributed by atoms with Crippen LogP contribution in [0.15, 0.2) is 39.5 Å². The molecule has 0 radical (unpaired) electrons. The first-order valence-electron chi connectivity index (χ1n) is 5.35. The van der Waals surface area contributed by atoms with Crippen LogP contribution in [0.1, 0.15) is 21.5 Å². The van der Waals surface area contributed by atoms with Gasteiger partial charge in [0.1, 0.15) is 0 Å². The Balaban J connectivity index is 1.92. The minimum atomic E-state index is -0.0571. The molecule has 0 aliphatic carbocycles. The maximum Gasteiger partial charge on any atom is 0.252 e. The van der Waals surface area contributed by atoms with Crippen molar-refractivity contribution in [3.63, 3.8) is 0 Å². The normalized spacial score (nSPS) is 10.3. The Labute approximate surface area is 123 Å². The van der Waals surface area contributed by atoms with Crippen LogP contribution < -0.4 is 5.32 Å². The maximum absolute atomic E-state index is 11.8. The molecule has 0 saturated heterocycles. The highest BCUT2D eigenvalue weighted by Crippen LogP contribution is 2.20. The van der Waals surface area contributed by atoms with Gasteiger partial charge in [-0.3, -0.25) is 4.79 Å². The molecule has 0 saturated carbocycles. The van der Waals surface area contributed by atoms with Crippen molar-refractivity contribution >= 4 is 44.8 Å². The molecule has 0 bridgehead atoms. The van der Waals surface area contributed by atoms with Gasteiger partial charge in [-0.1, -0.05) is 24.3 Å².